The third-order valence-corrected chi connectivity index (χ3v) is 18.7. The van der Waals surface area contributed by atoms with E-state index in [1.165, 1.54) is 0 Å². The lowest BCUT2D eigenvalue weighted by Gasteiger charge is -2.28. The smallest absolute Gasteiger partial charge is 0.218 e. The van der Waals surface area contributed by atoms with Gasteiger partial charge in [-0.05, 0) is 168 Å². The molecular formula is C84H104ClN21O5. The average Bonchev–Trinajstić information content (AvgIpc) is 1.69. The SMILES string of the molecule is CC(c1ccccn1)N(CCC(N)=O)Cc1ccccn1.CC(c1ccccn1)N(CCC(N)=O)Cc1nc2ccccc2[nH]1.Cc1cccnc1CN(CCC(N)=O)C(C)c1ccccn1.Cc1cccnc1CN(CCC(N)=O)Cc1ncccc1C.Cc1cccnc1CN(CCC(N)=O)Cc1ncccc1Cl. The van der Waals surface area contributed by atoms with Crippen LogP contribution in [-0.2, 0) is 69.8 Å². The highest BCUT2D eigenvalue weighted by Crippen LogP contribution is 2.25. The van der Waals surface area contributed by atoms with Gasteiger partial charge in [0, 0.05) is 178 Å². The number of nitrogens with zero attached hydrogens (tertiary/aromatic N) is 15. The zero-order valence-corrected chi connectivity index (χ0v) is 65.2. The van der Waals surface area contributed by atoms with Crippen LogP contribution in [0.4, 0.5) is 0 Å². The van der Waals surface area contributed by atoms with Gasteiger partial charge in [-0.2, -0.15) is 0 Å². The summed E-state index contributed by atoms with van der Waals surface area (Å²) >= 11 is 6.17. The molecule has 0 aliphatic heterocycles. The number of para-hydroxylation sites is 2. The Bertz CT molecular complexity index is 4390. The topological polar surface area (TPSA) is 376 Å². The molecule has 10 aromatic heterocycles. The Morgan fingerprint density at radius 2 is 0.658 bits per heavy atom. The van der Waals surface area contributed by atoms with E-state index < -0.39 is 0 Å². The van der Waals surface area contributed by atoms with E-state index in [1.54, 1.807) is 61.8 Å². The number of rotatable bonds is 35. The van der Waals surface area contributed by atoms with E-state index in [0.717, 1.165) is 90.4 Å². The Morgan fingerprint density at radius 1 is 0.342 bits per heavy atom. The zero-order chi connectivity index (χ0) is 79.9. The Hall–Kier alpha value is -11.5. The van der Waals surface area contributed by atoms with E-state index in [-0.39, 0.29) is 54.1 Å². The van der Waals surface area contributed by atoms with Gasteiger partial charge in [0.15, 0.2) is 0 Å². The van der Waals surface area contributed by atoms with Crippen molar-refractivity contribution in [1.82, 2.24) is 79.3 Å². The van der Waals surface area contributed by atoms with Crippen LogP contribution in [0.2, 0.25) is 5.02 Å². The molecule has 3 atom stereocenters. The van der Waals surface area contributed by atoms with E-state index in [0.29, 0.717) is 109 Å². The van der Waals surface area contributed by atoms with Crippen molar-refractivity contribution in [3.8, 4) is 0 Å². The van der Waals surface area contributed by atoms with Crippen LogP contribution in [0, 0.1) is 27.7 Å². The molecule has 10 heterocycles. The van der Waals surface area contributed by atoms with Gasteiger partial charge in [-0.25, -0.2) is 4.98 Å². The molecule has 11 N–H and O–H groups in total. The molecule has 11 aromatic rings. The first kappa shape index (κ1) is 86.7. The predicted molar refractivity (Wildman–Crippen MR) is 432 cm³/mol. The summed E-state index contributed by atoms with van der Waals surface area (Å²) in [7, 11) is 0. The summed E-state index contributed by atoms with van der Waals surface area (Å²) in [5.41, 5.74) is 41.6. The predicted octanol–water partition coefficient (Wildman–Crippen LogP) is 10.8. The van der Waals surface area contributed by atoms with Crippen LogP contribution < -0.4 is 28.7 Å². The normalized spacial score (nSPS) is 11.8. The number of H-pyrrole nitrogens is 1. The standard InChI is InChI=1S/C18H21N5O.2C17H22N4O.C16H19ClN4O.C16H20N4O/c1-13(14-6-4-5-10-20-14)23(11-9-17(19)24)12-18-21-15-7-2-3-8-16(15)22-18;1-13-5-3-8-19-15(13)11-21(10-7-17(18)22)12-16-14(2)6-4-9-20-16;1-13-6-5-10-20-16(13)12-21(11-8-17(18)22)14(2)15-7-3-4-9-19-15;1-12-4-2-7-19-14(12)10-21(9-6-16(18)22)11-15-13(17)5-3-8-20-15;1-13(15-7-3-5-10-19-15)20(11-8-16(17)21)12-14-6-2-4-9-18-14/h2-8,10,13H,9,11-12H2,1H3,(H2,19,24)(H,21,22);3-6,8-9H,7,10-12H2,1-2H3,(H2,18,22);3-7,9-10,14H,8,11-12H2,1-2H3,(H2,18,22);2-5,7-8H,6,9-11H2,1H3,(H2,18,22);2-7,9-10,13H,8,11-12H2,1H3,(H2,17,21). The third-order valence-electron chi connectivity index (χ3n) is 18.3. The van der Waals surface area contributed by atoms with Crippen LogP contribution in [0.5, 0.6) is 0 Å². The zero-order valence-electron chi connectivity index (χ0n) is 64.5. The number of aromatic nitrogens is 11. The fourth-order valence-electron chi connectivity index (χ4n) is 11.7. The van der Waals surface area contributed by atoms with E-state index in [1.807, 2.05) is 179 Å². The van der Waals surface area contributed by atoms with Crippen molar-refractivity contribution in [2.45, 2.75) is 145 Å². The molecular weight excluding hydrogens is 1420 g/mol. The van der Waals surface area contributed by atoms with Crippen molar-refractivity contribution >= 4 is 52.2 Å². The number of hydrogen-bond donors (Lipinski definition) is 6. The van der Waals surface area contributed by atoms with Crippen molar-refractivity contribution in [3.05, 3.63) is 298 Å². The quantitative estimate of drug-likeness (QED) is 0.0215. The van der Waals surface area contributed by atoms with E-state index in [4.69, 9.17) is 40.3 Å². The van der Waals surface area contributed by atoms with Gasteiger partial charge in [-0.1, -0.05) is 72.3 Å². The minimum Gasteiger partial charge on any atom is -0.370 e. The number of nitrogens with two attached hydrogens (primary N) is 5. The molecule has 582 valence electrons. The molecule has 0 spiro atoms. The molecule has 27 heteroatoms. The Morgan fingerprint density at radius 3 is 1.01 bits per heavy atom. The highest BCUT2D eigenvalue weighted by molar-refractivity contribution is 6.31. The summed E-state index contributed by atoms with van der Waals surface area (Å²) in [5.74, 6) is -0.651. The van der Waals surface area contributed by atoms with Gasteiger partial charge in [0.05, 0.1) is 73.8 Å². The molecule has 111 heavy (non-hydrogen) atoms. The Labute approximate surface area is 655 Å². The first-order chi connectivity index (χ1) is 53.5. The Kier molecular flexibility index (Phi) is 36.5. The molecule has 0 saturated heterocycles. The van der Waals surface area contributed by atoms with Gasteiger partial charge in [-0.15, -0.1) is 0 Å². The molecule has 0 aliphatic carbocycles. The summed E-state index contributed by atoms with van der Waals surface area (Å²) in [6.45, 7) is 21.7. The van der Waals surface area contributed by atoms with Gasteiger partial charge in [0.1, 0.15) is 5.82 Å². The fraction of sp³-hybridized carbons (Fsp3) is 0.321. The molecule has 0 saturated carbocycles. The van der Waals surface area contributed by atoms with Crippen LogP contribution in [-0.4, -0.2) is 142 Å². The lowest BCUT2D eigenvalue weighted by atomic mass is 10.1. The Balaban J connectivity index is 0.000000193. The molecule has 0 aliphatic rings. The second kappa shape index (κ2) is 46.8. The van der Waals surface area contributed by atoms with Crippen LogP contribution in [0.15, 0.2) is 213 Å². The molecule has 0 radical (unpaired) electrons. The number of carbonyl (C=O) groups excluding carboxylic acids is 5. The molecule has 5 amide bonds. The summed E-state index contributed by atoms with van der Waals surface area (Å²) in [5, 5.41) is 0.615. The van der Waals surface area contributed by atoms with Gasteiger partial charge >= 0.3 is 0 Å². The minimum absolute atomic E-state index is 0.0544. The maximum Gasteiger partial charge on any atom is 0.218 e. The number of pyridine rings is 9. The number of primary amides is 5. The number of amides is 5. The molecule has 11 rings (SSSR count). The molecule has 3 unspecified atom stereocenters. The lowest BCUT2D eigenvalue weighted by Crippen LogP contribution is -2.31. The molecule has 0 fully saturated rings. The third kappa shape index (κ3) is 31.2. The first-order valence-electron chi connectivity index (χ1n) is 36.9. The number of aromatic amines is 1. The maximum atomic E-state index is 11.2. The van der Waals surface area contributed by atoms with Crippen molar-refractivity contribution in [2.24, 2.45) is 28.7 Å². The molecule has 1 aromatic carbocycles. The highest BCUT2D eigenvalue weighted by atomic mass is 35.5. The van der Waals surface area contributed by atoms with E-state index in [2.05, 4.69) is 100 Å². The summed E-state index contributed by atoms with van der Waals surface area (Å²) in [6.07, 6.45) is 17.5. The summed E-state index contributed by atoms with van der Waals surface area (Å²) < 4.78 is 0. The summed E-state index contributed by atoms with van der Waals surface area (Å²) in [4.78, 5) is 114. The second-order valence-electron chi connectivity index (χ2n) is 26.7. The van der Waals surface area contributed by atoms with Crippen LogP contribution in [0.25, 0.3) is 11.0 Å². The lowest BCUT2D eigenvalue weighted by molar-refractivity contribution is -0.119. The van der Waals surface area contributed by atoms with Gasteiger partial charge < -0.3 is 33.7 Å². The number of benzene rings is 1. The van der Waals surface area contributed by atoms with Crippen LogP contribution in [0.1, 0.15) is 150 Å². The fourth-order valence-corrected chi connectivity index (χ4v) is 11.8. The maximum absolute atomic E-state index is 11.2. The first-order valence-corrected chi connectivity index (χ1v) is 37.2. The monoisotopic (exact) mass is 1520 g/mol. The van der Waals surface area contributed by atoms with E-state index in [9.17, 15) is 24.0 Å². The number of fused-ring (bicyclic) bond motifs is 1. The minimum atomic E-state index is -0.324. The second-order valence-corrected chi connectivity index (χ2v) is 27.1. The van der Waals surface area contributed by atoms with Crippen LogP contribution >= 0.6 is 11.6 Å². The van der Waals surface area contributed by atoms with Crippen molar-refractivity contribution in [2.75, 3.05) is 32.7 Å². The number of carbonyl (C=O) groups is 5. The van der Waals surface area contributed by atoms with Crippen molar-refractivity contribution in [3.63, 3.8) is 0 Å². The van der Waals surface area contributed by atoms with Crippen LogP contribution in [0.3, 0.4) is 0 Å². The number of imidazole rings is 1. The van der Waals surface area contributed by atoms with Gasteiger partial charge in [0.25, 0.3) is 0 Å². The largest absolute Gasteiger partial charge is 0.370 e. The number of nitrogens with one attached hydrogen (secondary N) is 1. The number of hydrogen-bond acceptors (Lipinski definition) is 20. The van der Waals surface area contributed by atoms with Gasteiger partial charge in [-0.3, -0.25) is 93.3 Å². The summed E-state index contributed by atoms with van der Waals surface area (Å²) in [6, 6.07) is 50.9. The molecule has 0 bridgehead atoms. The van der Waals surface area contributed by atoms with Crippen molar-refractivity contribution < 1.29 is 24.0 Å². The van der Waals surface area contributed by atoms with Gasteiger partial charge in [0.2, 0.25) is 29.5 Å². The molecule has 26 nitrogen and oxygen atoms in total. The highest BCUT2D eigenvalue weighted by Gasteiger charge is 2.23. The average molecular weight is 1520 g/mol. The number of halogens is 1. The van der Waals surface area contributed by atoms with E-state index >= 15 is 0 Å². The number of aryl methyl sites for hydroxylation is 4. The van der Waals surface area contributed by atoms with Crippen molar-refractivity contribution in [1.29, 1.82) is 0 Å².